The Hall–Kier alpha value is -0.300. The van der Waals surface area contributed by atoms with Gasteiger partial charge in [-0.25, -0.2) is 0 Å². The van der Waals surface area contributed by atoms with Gasteiger partial charge in [0, 0.05) is 0 Å². The molecule has 0 aromatic heterocycles. The van der Waals surface area contributed by atoms with Crippen LogP contribution in [0.15, 0.2) is 11.6 Å². The maximum atomic E-state index is 8.98. The van der Waals surface area contributed by atoms with E-state index in [0.29, 0.717) is 0 Å². The highest BCUT2D eigenvalue weighted by atomic mass is 16.3. The largest absolute Gasteiger partial charge is 0.389 e. The fraction of sp³-hybridized carbons (Fsp3) is 0.750. The van der Waals surface area contributed by atoms with Crippen LogP contribution in [-0.2, 0) is 0 Å². The molecule has 0 aromatic carbocycles. The zero-order valence-corrected chi connectivity index (χ0v) is 6.52. The lowest BCUT2D eigenvalue weighted by molar-refractivity contribution is 0.231. The Balaban J connectivity index is 3.55. The van der Waals surface area contributed by atoms with E-state index in [1.54, 1.807) is 6.92 Å². The molecule has 0 fully saturated rings. The SMILES string of the molecule is CCC/C=C(\C)[C@@H](C)O. The highest BCUT2D eigenvalue weighted by Crippen LogP contribution is 2.02. The van der Waals surface area contributed by atoms with Crippen LogP contribution in [0.2, 0.25) is 0 Å². The van der Waals surface area contributed by atoms with E-state index in [1.807, 2.05) is 6.92 Å². The zero-order valence-electron chi connectivity index (χ0n) is 6.52. The fourth-order valence-corrected chi connectivity index (χ4v) is 0.543. The minimum atomic E-state index is -0.267. The number of allylic oxidation sites excluding steroid dienone is 1. The second kappa shape index (κ2) is 4.57. The summed E-state index contributed by atoms with van der Waals surface area (Å²) in [7, 11) is 0. The maximum absolute atomic E-state index is 8.98. The molecule has 0 saturated heterocycles. The van der Waals surface area contributed by atoms with Crippen LogP contribution < -0.4 is 0 Å². The van der Waals surface area contributed by atoms with Crippen LogP contribution in [0.3, 0.4) is 0 Å². The number of rotatable bonds is 3. The third-order valence-corrected chi connectivity index (χ3v) is 1.41. The van der Waals surface area contributed by atoms with Gasteiger partial charge in [-0.3, -0.25) is 0 Å². The zero-order chi connectivity index (χ0) is 7.28. The Bertz CT molecular complexity index is 92.7. The van der Waals surface area contributed by atoms with Gasteiger partial charge in [-0.05, 0) is 25.8 Å². The van der Waals surface area contributed by atoms with Crippen molar-refractivity contribution < 1.29 is 5.11 Å². The lowest BCUT2D eigenvalue weighted by atomic mass is 10.1. The first-order valence-electron chi connectivity index (χ1n) is 3.53. The van der Waals surface area contributed by atoms with Crippen molar-refractivity contribution in [3.8, 4) is 0 Å². The lowest BCUT2D eigenvalue weighted by Crippen LogP contribution is -2.00. The molecule has 0 heterocycles. The Morgan fingerprint density at radius 3 is 2.56 bits per heavy atom. The molecule has 1 N–H and O–H groups in total. The molecule has 0 aliphatic carbocycles. The van der Waals surface area contributed by atoms with Crippen LogP contribution in [0.25, 0.3) is 0 Å². The van der Waals surface area contributed by atoms with Crippen LogP contribution in [0, 0.1) is 0 Å². The number of hydrogen-bond acceptors (Lipinski definition) is 1. The van der Waals surface area contributed by atoms with E-state index in [9.17, 15) is 0 Å². The summed E-state index contributed by atoms with van der Waals surface area (Å²) in [5.74, 6) is 0. The number of unbranched alkanes of at least 4 members (excludes halogenated alkanes) is 1. The average Bonchev–Trinajstić information content (AvgIpc) is 1.82. The van der Waals surface area contributed by atoms with Gasteiger partial charge in [0.05, 0.1) is 6.10 Å². The Labute approximate surface area is 57.4 Å². The predicted molar refractivity (Wildman–Crippen MR) is 40.3 cm³/mol. The normalized spacial score (nSPS) is 15.8. The highest BCUT2D eigenvalue weighted by Gasteiger charge is 1.94. The maximum Gasteiger partial charge on any atom is 0.0719 e. The number of hydrogen-bond donors (Lipinski definition) is 1. The molecule has 0 amide bonds. The summed E-state index contributed by atoms with van der Waals surface area (Å²) in [4.78, 5) is 0. The van der Waals surface area contributed by atoms with Crippen molar-refractivity contribution in [2.24, 2.45) is 0 Å². The molecule has 1 atom stereocenters. The van der Waals surface area contributed by atoms with E-state index in [1.165, 1.54) is 0 Å². The molecule has 0 aliphatic heterocycles. The summed E-state index contributed by atoms with van der Waals surface area (Å²) in [5, 5.41) is 8.98. The van der Waals surface area contributed by atoms with Crippen molar-refractivity contribution in [2.75, 3.05) is 0 Å². The predicted octanol–water partition coefficient (Wildman–Crippen LogP) is 2.11. The van der Waals surface area contributed by atoms with Crippen molar-refractivity contribution in [3.63, 3.8) is 0 Å². The molecule has 54 valence electrons. The topological polar surface area (TPSA) is 20.2 Å². The van der Waals surface area contributed by atoms with Crippen molar-refractivity contribution in [3.05, 3.63) is 11.6 Å². The smallest absolute Gasteiger partial charge is 0.0719 e. The van der Waals surface area contributed by atoms with Crippen LogP contribution in [0.4, 0.5) is 0 Å². The van der Waals surface area contributed by atoms with Gasteiger partial charge in [0.15, 0.2) is 0 Å². The monoisotopic (exact) mass is 128 g/mol. The van der Waals surface area contributed by atoms with E-state index >= 15 is 0 Å². The second-order valence-electron chi connectivity index (χ2n) is 2.41. The molecule has 1 nitrogen and oxygen atoms in total. The molecule has 0 bridgehead atoms. The summed E-state index contributed by atoms with van der Waals surface area (Å²) in [5.41, 5.74) is 1.08. The van der Waals surface area contributed by atoms with Crippen molar-refractivity contribution >= 4 is 0 Å². The molecular formula is C8H16O. The van der Waals surface area contributed by atoms with Gasteiger partial charge in [0.1, 0.15) is 0 Å². The molecule has 0 aliphatic rings. The van der Waals surface area contributed by atoms with Crippen LogP contribution in [-0.4, -0.2) is 11.2 Å². The standard InChI is InChI=1S/C8H16O/c1-4-5-6-7(2)8(3)9/h6,8-9H,4-5H2,1-3H3/b7-6+/t8-/m1/s1. The molecular weight excluding hydrogens is 112 g/mol. The van der Waals surface area contributed by atoms with E-state index in [-0.39, 0.29) is 6.10 Å². The molecule has 0 unspecified atom stereocenters. The fourth-order valence-electron chi connectivity index (χ4n) is 0.543. The molecule has 9 heavy (non-hydrogen) atoms. The van der Waals surface area contributed by atoms with E-state index < -0.39 is 0 Å². The van der Waals surface area contributed by atoms with E-state index in [0.717, 1.165) is 18.4 Å². The van der Waals surface area contributed by atoms with Crippen LogP contribution >= 0.6 is 0 Å². The van der Waals surface area contributed by atoms with Gasteiger partial charge in [-0.1, -0.05) is 19.4 Å². The quantitative estimate of drug-likeness (QED) is 0.577. The van der Waals surface area contributed by atoms with Crippen molar-refractivity contribution in [1.82, 2.24) is 0 Å². The van der Waals surface area contributed by atoms with Gasteiger partial charge in [0.2, 0.25) is 0 Å². The third kappa shape index (κ3) is 4.22. The Kier molecular flexibility index (Phi) is 4.41. The highest BCUT2D eigenvalue weighted by molar-refractivity contribution is 5.02. The molecule has 1 heteroatoms. The lowest BCUT2D eigenvalue weighted by Gasteiger charge is -2.02. The summed E-state index contributed by atoms with van der Waals surface area (Å²) < 4.78 is 0. The second-order valence-corrected chi connectivity index (χ2v) is 2.41. The molecule has 0 radical (unpaired) electrons. The van der Waals surface area contributed by atoms with Gasteiger partial charge >= 0.3 is 0 Å². The first-order valence-corrected chi connectivity index (χ1v) is 3.53. The minimum Gasteiger partial charge on any atom is -0.389 e. The van der Waals surface area contributed by atoms with Crippen LogP contribution in [0.1, 0.15) is 33.6 Å². The minimum absolute atomic E-state index is 0.267. The van der Waals surface area contributed by atoms with E-state index in [4.69, 9.17) is 5.11 Å². The first-order chi connectivity index (χ1) is 4.18. The summed E-state index contributed by atoms with van der Waals surface area (Å²) >= 11 is 0. The summed E-state index contributed by atoms with van der Waals surface area (Å²) in [6.07, 6.45) is 4.06. The van der Waals surface area contributed by atoms with Gasteiger partial charge in [-0.2, -0.15) is 0 Å². The summed E-state index contributed by atoms with van der Waals surface area (Å²) in [6, 6.07) is 0. The van der Waals surface area contributed by atoms with Crippen LogP contribution in [0.5, 0.6) is 0 Å². The third-order valence-electron chi connectivity index (χ3n) is 1.41. The number of aliphatic hydroxyl groups excluding tert-OH is 1. The first kappa shape index (κ1) is 8.70. The van der Waals surface area contributed by atoms with E-state index in [2.05, 4.69) is 13.0 Å². The molecule has 0 rings (SSSR count). The van der Waals surface area contributed by atoms with Gasteiger partial charge in [-0.15, -0.1) is 0 Å². The average molecular weight is 128 g/mol. The Morgan fingerprint density at radius 1 is 1.67 bits per heavy atom. The molecule has 0 aromatic rings. The molecule has 0 spiro atoms. The summed E-state index contributed by atoms with van der Waals surface area (Å²) in [6.45, 7) is 5.88. The van der Waals surface area contributed by atoms with Gasteiger partial charge in [0.25, 0.3) is 0 Å². The molecule has 0 saturated carbocycles. The number of aliphatic hydroxyl groups is 1. The van der Waals surface area contributed by atoms with Crippen molar-refractivity contribution in [2.45, 2.75) is 39.7 Å². The van der Waals surface area contributed by atoms with Gasteiger partial charge < -0.3 is 5.11 Å². The Morgan fingerprint density at radius 2 is 2.22 bits per heavy atom. The van der Waals surface area contributed by atoms with Crippen molar-refractivity contribution in [1.29, 1.82) is 0 Å².